The molecule has 0 spiro atoms. The van der Waals surface area contributed by atoms with Crippen LogP contribution >= 0.6 is 12.2 Å². The highest BCUT2D eigenvalue weighted by molar-refractivity contribution is 7.80. The number of hydrogen-bond donors (Lipinski definition) is 2. The first-order chi connectivity index (χ1) is 10.4. The molecular weight excluding hydrogens is 296 g/mol. The maximum absolute atomic E-state index is 11.4. The molecule has 1 unspecified atom stereocenters. The number of anilines is 1. The van der Waals surface area contributed by atoms with Gasteiger partial charge in [0.2, 0.25) is 0 Å². The van der Waals surface area contributed by atoms with Crippen LogP contribution in [0.15, 0.2) is 30.5 Å². The zero-order valence-electron chi connectivity index (χ0n) is 13.2. The molecule has 5 nitrogen and oxygen atoms in total. The molecular formula is C16H20N4OS. The number of rotatable bonds is 4. The maximum Gasteiger partial charge on any atom is 0.171 e. The Kier molecular flexibility index (Phi) is 4.92. The number of hydrogen-bond acceptors (Lipinski definition) is 3. The van der Waals surface area contributed by atoms with Crippen molar-refractivity contribution < 1.29 is 4.79 Å². The van der Waals surface area contributed by atoms with Crippen LogP contribution in [0.5, 0.6) is 0 Å². The van der Waals surface area contributed by atoms with Crippen LogP contribution in [0.2, 0.25) is 0 Å². The zero-order chi connectivity index (χ0) is 16.3. The Morgan fingerprint density at radius 2 is 2.14 bits per heavy atom. The largest absolute Gasteiger partial charge is 0.356 e. The minimum atomic E-state index is 0.0295. The second-order valence-corrected chi connectivity index (χ2v) is 5.67. The maximum atomic E-state index is 11.4. The summed E-state index contributed by atoms with van der Waals surface area (Å²) in [5.41, 5.74) is 3.65. The van der Waals surface area contributed by atoms with Crippen molar-refractivity contribution in [3.8, 4) is 0 Å². The number of Topliss-reactive ketones (excluding diaryl/α,β-unsaturated/α-hetero) is 1. The number of carbonyl (C=O) groups excluding carboxylic acids is 1. The molecule has 116 valence electrons. The lowest BCUT2D eigenvalue weighted by atomic mass is 10.1. The summed E-state index contributed by atoms with van der Waals surface area (Å²) in [6.07, 6.45) is 1.84. The van der Waals surface area contributed by atoms with Crippen molar-refractivity contribution in [2.45, 2.75) is 26.8 Å². The molecule has 2 rings (SSSR count). The van der Waals surface area contributed by atoms with E-state index in [4.69, 9.17) is 12.2 Å². The Labute approximate surface area is 135 Å². The van der Waals surface area contributed by atoms with Crippen molar-refractivity contribution in [1.82, 2.24) is 15.1 Å². The summed E-state index contributed by atoms with van der Waals surface area (Å²) in [5.74, 6) is 0.0295. The number of aromatic nitrogens is 2. The predicted molar refractivity (Wildman–Crippen MR) is 92.2 cm³/mol. The van der Waals surface area contributed by atoms with Crippen LogP contribution in [0.25, 0.3) is 0 Å². The van der Waals surface area contributed by atoms with Gasteiger partial charge in [0, 0.05) is 29.6 Å². The van der Waals surface area contributed by atoms with Gasteiger partial charge in [0.25, 0.3) is 0 Å². The first-order valence-electron chi connectivity index (χ1n) is 7.05. The van der Waals surface area contributed by atoms with Gasteiger partial charge in [-0.05, 0) is 45.1 Å². The molecule has 0 aliphatic heterocycles. The van der Waals surface area contributed by atoms with Crippen LogP contribution in [0, 0.1) is 6.92 Å². The van der Waals surface area contributed by atoms with Gasteiger partial charge in [-0.3, -0.25) is 9.48 Å². The first kappa shape index (κ1) is 16.2. The van der Waals surface area contributed by atoms with Crippen LogP contribution < -0.4 is 10.6 Å². The van der Waals surface area contributed by atoms with E-state index in [9.17, 15) is 4.79 Å². The number of thiocarbonyl (C=S) groups is 1. The van der Waals surface area contributed by atoms with Gasteiger partial charge in [0.1, 0.15) is 0 Å². The molecule has 0 aliphatic carbocycles. The van der Waals surface area contributed by atoms with E-state index in [1.54, 1.807) is 19.1 Å². The smallest absolute Gasteiger partial charge is 0.171 e. The Balaban J connectivity index is 2.02. The second kappa shape index (κ2) is 6.70. The summed E-state index contributed by atoms with van der Waals surface area (Å²) >= 11 is 5.34. The van der Waals surface area contributed by atoms with Gasteiger partial charge in [0.15, 0.2) is 10.9 Å². The second-order valence-electron chi connectivity index (χ2n) is 5.27. The fraction of sp³-hybridized carbons (Fsp3) is 0.312. The molecule has 0 aliphatic rings. The molecule has 22 heavy (non-hydrogen) atoms. The minimum absolute atomic E-state index is 0.0295. The average Bonchev–Trinajstić information content (AvgIpc) is 2.79. The molecule has 0 bridgehead atoms. The Morgan fingerprint density at radius 1 is 1.41 bits per heavy atom. The molecule has 1 aromatic carbocycles. The molecule has 2 N–H and O–H groups in total. The van der Waals surface area contributed by atoms with E-state index < -0.39 is 0 Å². The van der Waals surface area contributed by atoms with Crippen LogP contribution in [-0.2, 0) is 7.05 Å². The molecule has 0 saturated heterocycles. The fourth-order valence-electron chi connectivity index (χ4n) is 2.20. The highest BCUT2D eigenvalue weighted by Crippen LogP contribution is 2.17. The first-order valence-corrected chi connectivity index (χ1v) is 7.46. The SMILES string of the molecule is CC(=O)c1cccc(NC(=S)NC(C)c2cnn(C)c2C)c1. The molecule has 0 amide bonds. The minimum Gasteiger partial charge on any atom is -0.356 e. The summed E-state index contributed by atoms with van der Waals surface area (Å²) in [4.78, 5) is 11.4. The molecule has 0 saturated carbocycles. The van der Waals surface area contributed by atoms with Crippen molar-refractivity contribution in [3.05, 3.63) is 47.3 Å². The lowest BCUT2D eigenvalue weighted by Crippen LogP contribution is -2.31. The van der Waals surface area contributed by atoms with Gasteiger partial charge < -0.3 is 10.6 Å². The van der Waals surface area contributed by atoms with Gasteiger partial charge in [0.05, 0.1) is 12.2 Å². The van der Waals surface area contributed by atoms with Gasteiger partial charge in [-0.15, -0.1) is 0 Å². The summed E-state index contributed by atoms with van der Waals surface area (Å²) in [6.45, 7) is 5.60. The molecule has 0 fully saturated rings. The quantitative estimate of drug-likeness (QED) is 0.671. The average molecular weight is 316 g/mol. The normalized spacial score (nSPS) is 11.8. The van der Waals surface area contributed by atoms with Crippen molar-refractivity contribution >= 4 is 28.8 Å². The molecule has 1 atom stereocenters. The third kappa shape index (κ3) is 3.71. The summed E-state index contributed by atoms with van der Waals surface area (Å²) in [6, 6.07) is 7.32. The van der Waals surface area contributed by atoms with Crippen molar-refractivity contribution in [2.24, 2.45) is 7.05 Å². The van der Waals surface area contributed by atoms with Crippen LogP contribution in [-0.4, -0.2) is 20.7 Å². The van der Waals surface area contributed by atoms with E-state index in [0.717, 1.165) is 16.9 Å². The van der Waals surface area contributed by atoms with Gasteiger partial charge in [-0.2, -0.15) is 5.10 Å². The molecule has 0 radical (unpaired) electrons. The number of nitrogens with one attached hydrogen (secondary N) is 2. The third-order valence-electron chi connectivity index (χ3n) is 3.61. The summed E-state index contributed by atoms with van der Waals surface area (Å²) in [7, 11) is 1.91. The Bertz CT molecular complexity index is 708. The van der Waals surface area contributed by atoms with Crippen molar-refractivity contribution in [2.75, 3.05) is 5.32 Å². The van der Waals surface area contributed by atoms with E-state index in [2.05, 4.69) is 15.7 Å². The van der Waals surface area contributed by atoms with E-state index >= 15 is 0 Å². The van der Waals surface area contributed by atoms with Crippen molar-refractivity contribution in [3.63, 3.8) is 0 Å². The van der Waals surface area contributed by atoms with Crippen LogP contribution in [0.4, 0.5) is 5.69 Å². The topological polar surface area (TPSA) is 59.0 Å². The monoisotopic (exact) mass is 316 g/mol. The summed E-state index contributed by atoms with van der Waals surface area (Å²) < 4.78 is 1.83. The van der Waals surface area contributed by atoms with Gasteiger partial charge in [-0.1, -0.05) is 12.1 Å². The van der Waals surface area contributed by atoms with Crippen LogP contribution in [0.3, 0.4) is 0 Å². The number of aryl methyl sites for hydroxylation is 1. The van der Waals surface area contributed by atoms with Crippen LogP contribution in [0.1, 0.15) is 41.5 Å². The highest BCUT2D eigenvalue weighted by Gasteiger charge is 2.13. The lowest BCUT2D eigenvalue weighted by Gasteiger charge is -2.17. The molecule has 1 aromatic heterocycles. The number of carbonyl (C=O) groups is 1. The molecule has 2 aromatic rings. The number of nitrogens with zero attached hydrogens (tertiary/aromatic N) is 2. The van der Waals surface area contributed by atoms with E-state index in [1.165, 1.54) is 0 Å². The predicted octanol–water partition coefficient (Wildman–Crippen LogP) is 2.98. The fourth-order valence-corrected chi connectivity index (χ4v) is 2.49. The lowest BCUT2D eigenvalue weighted by molar-refractivity contribution is 0.101. The molecule has 1 heterocycles. The van der Waals surface area contributed by atoms with E-state index in [1.807, 2.05) is 43.9 Å². The summed E-state index contributed by atoms with van der Waals surface area (Å²) in [5, 5.41) is 11.1. The number of benzene rings is 1. The third-order valence-corrected chi connectivity index (χ3v) is 3.83. The van der Waals surface area contributed by atoms with Gasteiger partial charge in [-0.25, -0.2) is 0 Å². The molecule has 6 heteroatoms. The van der Waals surface area contributed by atoms with E-state index in [0.29, 0.717) is 10.7 Å². The Hall–Kier alpha value is -2.21. The van der Waals surface area contributed by atoms with Crippen molar-refractivity contribution in [1.29, 1.82) is 0 Å². The highest BCUT2D eigenvalue weighted by atomic mass is 32.1. The number of ketones is 1. The standard InChI is InChI=1S/C16H20N4OS/c1-10(15-9-17-20(4)11(15)2)18-16(22)19-14-7-5-6-13(8-14)12(3)21/h5-10H,1-4H3,(H2,18,19,22). The van der Waals surface area contributed by atoms with Gasteiger partial charge >= 0.3 is 0 Å². The van der Waals surface area contributed by atoms with E-state index in [-0.39, 0.29) is 11.8 Å². The zero-order valence-corrected chi connectivity index (χ0v) is 14.0. The Morgan fingerprint density at radius 3 is 2.73 bits per heavy atom.